The second kappa shape index (κ2) is 36.0. The summed E-state index contributed by atoms with van der Waals surface area (Å²) in [5.74, 6) is -9.72. The number of benzene rings is 2. The van der Waals surface area contributed by atoms with E-state index in [4.69, 9.17) is 17.3 Å². The standard InChI is InChI=1S/C67H98ClN13O13/c1-38(2)29-45-22-25-55(85)46(32-47-35-70-51-34-48(68)23-24-50(47)51)33-56(86)66(9,78-63(92)53(31-44-19-14-13-15-20-44)74-64(93)57(42(7)83)76-61(90)52(30-39(3)4)73-43(8)84)26-16-11-12-17-28-81-36-49(79-80-81)21-18-27-67(10,77-60(45)89)65(94)75-54(37-82)62(91)72-41(6)59(88)71-40(5)58(69)87/h13-15,19-20,23-24,34-36,38-42,45-46,52-54,57,70,82-83H,11-12,16-18,21-22,25-33,37H2,1-10H3,(H2,69,87)(H,71,88)(H,72,91)(H,73,84)(H,74,93)(H,75,94)(H,76,90)(H,77,89)(H,78,92)/t40?,41-,42+,45-,46+,52-,53-,54?,57-,66+,67-/m0/s1. The van der Waals surface area contributed by atoms with E-state index >= 15 is 14.4 Å². The summed E-state index contributed by atoms with van der Waals surface area (Å²) < 4.78 is 1.68. The van der Waals surface area contributed by atoms with Crippen molar-refractivity contribution in [3.63, 3.8) is 0 Å². The van der Waals surface area contributed by atoms with Crippen molar-refractivity contribution in [3.05, 3.63) is 82.8 Å². The summed E-state index contributed by atoms with van der Waals surface area (Å²) in [5, 5.41) is 52.6. The van der Waals surface area contributed by atoms with Gasteiger partial charge in [-0.05, 0) is 128 Å². The zero-order valence-corrected chi connectivity index (χ0v) is 56.6. The molecule has 2 bridgehead atoms. The predicted molar refractivity (Wildman–Crippen MR) is 353 cm³/mol. The van der Waals surface area contributed by atoms with Crippen LogP contribution in [0.25, 0.3) is 10.9 Å². The number of carbonyl (C=O) groups excluding carboxylic acids is 11. The van der Waals surface area contributed by atoms with Crippen LogP contribution in [0.4, 0.5) is 0 Å². The van der Waals surface area contributed by atoms with Gasteiger partial charge >= 0.3 is 0 Å². The van der Waals surface area contributed by atoms with Crippen LogP contribution in [0.15, 0.2) is 60.9 Å². The summed E-state index contributed by atoms with van der Waals surface area (Å²) >= 11 is 6.39. The van der Waals surface area contributed by atoms with E-state index in [1.807, 2.05) is 27.7 Å². The van der Waals surface area contributed by atoms with Gasteiger partial charge in [0.1, 0.15) is 47.6 Å². The Morgan fingerprint density at radius 3 is 2.07 bits per heavy atom. The number of hydrogen-bond donors (Lipinski definition) is 12. The summed E-state index contributed by atoms with van der Waals surface area (Å²) in [6, 6.07) is 6.15. The first kappa shape index (κ1) is 76.6. The SMILES string of the molecule is CC(=O)N[C@@H](CC(C)C)C(=O)N[C@H](C(=O)N[C@@H](Cc1ccccc1)C(=O)N[C@]1(C)CCCCCCn2cc(nn2)CCC[C@@](C)(C(=O)NC(CO)C(=O)N[C@@H](C)C(=O)NC(C)C(N)=O)NC(=O)[C@H](CC(C)C)CCC(=O)[C@H](Cc2c[nH]c3cc(Cl)ccc23)CC1=O)[C@@H](C)O. The average molecular weight is 1330 g/mol. The molecule has 1 aliphatic heterocycles. The molecule has 0 aliphatic carbocycles. The molecule has 3 heterocycles. The molecule has 26 nitrogen and oxygen atoms in total. The first-order valence-corrected chi connectivity index (χ1v) is 33.0. The number of halogens is 1. The molecule has 94 heavy (non-hydrogen) atoms. The van der Waals surface area contributed by atoms with E-state index in [0.717, 1.165) is 5.39 Å². The van der Waals surface area contributed by atoms with Crippen molar-refractivity contribution in [2.75, 3.05) is 6.61 Å². The maximum Gasteiger partial charge on any atom is 0.246 e. The number of nitrogens with zero attached hydrogens (tertiary/aromatic N) is 3. The molecule has 2 unspecified atom stereocenters. The summed E-state index contributed by atoms with van der Waals surface area (Å²) in [6.45, 7) is 15.4. The largest absolute Gasteiger partial charge is 0.394 e. The summed E-state index contributed by atoms with van der Waals surface area (Å²) in [7, 11) is 0. The fraction of sp³-hybridized carbons (Fsp3) is 0.597. The quantitative estimate of drug-likeness (QED) is 0.0478. The van der Waals surface area contributed by atoms with Gasteiger partial charge in [-0.2, -0.15) is 0 Å². The van der Waals surface area contributed by atoms with Gasteiger partial charge in [0.15, 0.2) is 5.78 Å². The lowest BCUT2D eigenvalue weighted by Crippen LogP contribution is -2.62. The maximum atomic E-state index is 15.5. The van der Waals surface area contributed by atoms with Crippen LogP contribution in [0.3, 0.4) is 0 Å². The van der Waals surface area contributed by atoms with Crippen LogP contribution in [-0.2, 0) is 78.5 Å². The Morgan fingerprint density at radius 1 is 0.745 bits per heavy atom. The molecule has 13 N–H and O–H groups in total. The fourth-order valence-electron chi connectivity index (χ4n) is 11.5. The Hall–Kier alpha value is -8.10. The zero-order valence-electron chi connectivity index (χ0n) is 55.8. The van der Waals surface area contributed by atoms with E-state index in [-0.39, 0.29) is 81.8 Å². The predicted octanol–water partition coefficient (Wildman–Crippen LogP) is 3.39. The van der Waals surface area contributed by atoms with Crippen LogP contribution in [0.1, 0.15) is 163 Å². The molecule has 0 saturated heterocycles. The number of primary amides is 1. The number of nitrogens with two attached hydrogens (primary N) is 1. The molecule has 2 aromatic heterocycles. The van der Waals surface area contributed by atoms with Gasteiger partial charge in [0.25, 0.3) is 0 Å². The Labute approximate surface area is 554 Å². The highest BCUT2D eigenvalue weighted by Crippen LogP contribution is 2.31. The molecule has 9 amide bonds. The van der Waals surface area contributed by atoms with E-state index in [2.05, 4.69) is 57.8 Å². The summed E-state index contributed by atoms with van der Waals surface area (Å²) in [4.78, 5) is 157. The number of nitrogens with one attached hydrogen (secondary N) is 9. The number of carbonyl (C=O) groups is 11. The van der Waals surface area contributed by atoms with Gasteiger partial charge < -0.3 is 63.5 Å². The van der Waals surface area contributed by atoms with Crippen molar-refractivity contribution >= 4 is 87.2 Å². The molecule has 5 rings (SSSR count). The minimum absolute atomic E-state index is 0.00366. The Bertz CT molecular complexity index is 3280. The van der Waals surface area contributed by atoms with Gasteiger partial charge in [-0.25, -0.2) is 0 Å². The molecule has 0 saturated carbocycles. The third-order valence-electron chi connectivity index (χ3n) is 17.1. The zero-order chi connectivity index (χ0) is 69.6. The van der Waals surface area contributed by atoms with Crippen LogP contribution < -0.4 is 48.3 Å². The van der Waals surface area contributed by atoms with Gasteiger partial charge in [0.05, 0.1) is 23.9 Å². The van der Waals surface area contributed by atoms with Crippen molar-refractivity contribution in [2.24, 2.45) is 29.4 Å². The molecule has 2 aromatic carbocycles. The molecule has 0 radical (unpaired) electrons. The number of ketones is 2. The van der Waals surface area contributed by atoms with Crippen molar-refractivity contribution < 1.29 is 63.0 Å². The third-order valence-corrected chi connectivity index (χ3v) is 17.3. The number of H-pyrrole nitrogens is 1. The van der Waals surface area contributed by atoms with Crippen LogP contribution >= 0.6 is 11.6 Å². The number of aromatic amines is 1. The van der Waals surface area contributed by atoms with E-state index in [9.17, 15) is 48.6 Å². The van der Waals surface area contributed by atoms with Crippen molar-refractivity contribution in [2.45, 2.75) is 226 Å². The monoisotopic (exact) mass is 1330 g/mol. The minimum Gasteiger partial charge on any atom is -0.394 e. The second-order valence-electron chi connectivity index (χ2n) is 26.4. The van der Waals surface area contributed by atoms with Crippen LogP contribution in [0.2, 0.25) is 5.02 Å². The molecular formula is C67H98ClN13O13. The first-order valence-electron chi connectivity index (χ1n) is 32.6. The number of amides is 9. The third kappa shape index (κ3) is 23.4. The number of aryl methyl sites for hydroxylation is 2. The van der Waals surface area contributed by atoms with E-state index in [0.29, 0.717) is 66.0 Å². The Morgan fingerprint density at radius 2 is 1.43 bits per heavy atom. The number of aromatic nitrogens is 4. The molecule has 0 fully saturated rings. The Kier molecular flexibility index (Phi) is 29.3. The molecular weight excluding hydrogens is 1230 g/mol. The molecule has 11 atom stereocenters. The van der Waals surface area contributed by atoms with Gasteiger partial charge in [0, 0.05) is 72.9 Å². The number of hydrogen-bond acceptors (Lipinski definition) is 15. The van der Waals surface area contributed by atoms with E-state index < -0.39 is 131 Å². The van der Waals surface area contributed by atoms with Crippen molar-refractivity contribution in [1.29, 1.82) is 0 Å². The highest BCUT2D eigenvalue weighted by Gasteiger charge is 2.42. The highest BCUT2D eigenvalue weighted by atomic mass is 35.5. The van der Waals surface area contributed by atoms with Crippen LogP contribution in [0, 0.1) is 23.7 Å². The average Bonchev–Trinajstić information content (AvgIpc) is 1.49. The van der Waals surface area contributed by atoms with Gasteiger partial charge in [-0.1, -0.05) is 100 Å². The number of Topliss-reactive ketones (excluding diaryl/α,β-unsaturated/α-hetero) is 2. The molecule has 516 valence electrons. The molecule has 4 aromatic rings. The van der Waals surface area contributed by atoms with Gasteiger partial charge in [0.2, 0.25) is 53.2 Å². The number of aliphatic hydroxyl groups is 2. The van der Waals surface area contributed by atoms with Crippen molar-refractivity contribution in [1.82, 2.24) is 62.5 Å². The van der Waals surface area contributed by atoms with Crippen molar-refractivity contribution in [3.8, 4) is 0 Å². The van der Waals surface area contributed by atoms with Gasteiger partial charge in [-0.3, -0.25) is 57.4 Å². The second-order valence-corrected chi connectivity index (χ2v) is 26.9. The lowest BCUT2D eigenvalue weighted by molar-refractivity contribution is -0.138. The fourth-order valence-corrected chi connectivity index (χ4v) is 11.7. The summed E-state index contributed by atoms with van der Waals surface area (Å²) in [6.07, 6.45) is 4.93. The lowest BCUT2D eigenvalue weighted by Gasteiger charge is -2.34. The van der Waals surface area contributed by atoms with Crippen LogP contribution in [-0.4, -0.2) is 155 Å². The molecule has 0 spiro atoms. The lowest BCUT2D eigenvalue weighted by atomic mass is 9.80. The number of fused-ring (bicyclic) bond motifs is 3. The number of aliphatic hydroxyl groups excluding tert-OH is 2. The highest BCUT2D eigenvalue weighted by molar-refractivity contribution is 6.31. The van der Waals surface area contributed by atoms with Crippen LogP contribution in [0.5, 0.6) is 0 Å². The molecule has 27 heteroatoms. The topological polar surface area (TPSA) is 397 Å². The first-order chi connectivity index (χ1) is 44.3. The molecule has 1 aliphatic rings. The Balaban J connectivity index is 1.52. The summed E-state index contributed by atoms with van der Waals surface area (Å²) in [5.41, 5.74) is 4.47. The van der Waals surface area contributed by atoms with E-state index in [1.165, 1.54) is 34.6 Å². The minimum atomic E-state index is -1.75. The normalized spacial score (nSPS) is 21.2. The maximum absolute atomic E-state index is 15.5. The number of rotatable bonds is 24. The van der Waals surface area contributed by atoms with Gasteiger partial charge in [-0.15, -0.1) is 5.10 Å². The van der Waals surface area contributed by atoms with E-state index in [1.54, 1.807) is 72.5 Å². The smallest absolute Gasteiger partial charge is 0.246 e.